The number of hydrogen-bond donors (Lipinski definition) is 3. The number of methoxy groups -OCH3 is 1. The zero-order chi connectivity index (χ0) is 34.4. The molecule has 48 heavy (non-hydrogen) atoms. The molecule has 11 nitrogen and oxygen atoms in total. The van der Waals surface area contributed by atoms with Crippen molar-refractivity contribution in [1.82, 2.24) is 19.9 Å². The molecule has 3 N–H and O–H groups in total. The fraction of sp³-hybridized carbons (Fsp3) is 0.424. The first-order chi connectivity index (χ1) is 23.0. The number of nitrogens with one attached hydrogen (secondary N) is 3. The number of aromatic nitrogens is 1. The zero-order valence-electron chi connectivity index (χ0n) is 26.5. The maximum Gasteiger partial charge on any atom is 0.407 e. The van der Waals surface area contributed by atoms with Crippen molar-refractivity contribution in [2.75, 3.05) is 38.7 Å². The van der Waals surface area contributed by atoms with E-state index in [1.807, 2.05) is 12.1 Å². The lowest BCUT2D eigenvalue weighted by Crippen LogP contribution is -2.59. The Bertz CT molecular complexity index is 1690. The lowest BCUT2D eigenvalue weighted by atomic mass is 9.76. The number of nitrogens with zero attached hydrogens (tertiary/aromatic N) is 2. The summed E-state index contributed by atoms with van der Waals surface area (Å²) in [4.78, 5) is 30.9. The number of pyridine rings is 1. The van der Waals surface area contributed by atoms with E-state index in [1.54, 1.807) is 19.1 Å². The number of piperazine rings is 1. The molecular formula is C33H38Cl2FN5O6S. The summed E-state index contributed by atoms with van der Waals surface area (Å²) in [6.07, 6.45) is 2.71. The van der Waals surface area contributed by atoms with Gasteiger partial charge in [0.25, 0.3) is 0 Å². The van der Waals surface area contributed by atoms with Crippen LogP contribution in [0.4, 0.5) is 14.9 Å². The van der Waals surface area contributed by atoms with E-state index in [9.17, 15) is 18.0 Å². The summed E-state index contributed by atoms with van der Waals surface area (Å²) in [5, 5.41) is 9.65. The molecular weight excluding hydrogens is 684 g/mol. The van der Waals surface area contributed by atoms with E-state index >= 15 is 4.39 Å². The first kappa shape index (κ1) is 36.0. The Morgan fingerprint density at radius 3 is 2.35 bits per heavy atom. The molecule has 2 fully saturated rings. The second-order valence-electron chi connectivity index (χ2n) is 11.9. The van der Waals surface area contributed by atoms with Crippen molar-refractivity contribution in [1.29, 1.82) is 0 Å². The summed E-state index contributed by atoms with van der Waals surface area (Å²) in [7, 11) is -2.80. The van der Waals surface area contributed by atoms with Gasteiger partial charge in [-0.25, -0.2) is 17.6 Å². The highest BCUT2D eigenvalue weighted by Crippen LogP contribution is 2.37. The second kappa shape index (κ2) is 15.9. The number of anilines is 1. The third-order valence-electron chi connectivity index (χ3n) is 8.83. The predicted octanol–water partition coefficient (Wildman–Crippen LogP) is 4.99. The molecule has 2 aliphatic rings. The molecule has 3 heterocycles. The van der Waals surface area contributed by atoms with E-state index in [1.165, 1.54) is 41.9 Å². The Morgan fingerprint density at radius 2 is 1.71 bits per heavy atom. The van der Waals surface area contributed by atoms with E-state index in [-0.39, 0.29) is 35.0 Å². The van der Waals surface area contributed by atoms with Crippen molar-refractivity contribution in [2.45, 2.75) is 55.1 Å². The SMILES string of the molecule is COC(=O)N[C@H](C(=O)Nc1cncc(F)c1CC1CNC[C@H](C)N1S(=O)(=O)c1ccc(Cl)cc1)[C@@H](c1ccc(Cl)cc1)C1CCOCC1. The molecule has 2 aliphatic heterocycles. The highest BCUT2D eigenvalue weighted by atomic mass is 35.5. The van der Waals surface area contributed by atoms with Crippen LogP contribution in [0.5, 0.6) is 0 Å². The van der Waals surface area contributed by atoms with Gasteiger partial charge in [-0.2, -0.15) is 4.31 Å². The molecule has 0 bridgehead atoms. The topological polar surface area (TPSA) is 139 Å². The summed E-state index contributed by atoms with van der Waals surface area (Å²) in [6.45, 7) is 3.38. The molecule has 5 rings (SSSR count). The standard InChI is InChI=1S/C33H38Cl2FN5O6S/c1-20-16-37-17-25(41(20)48(44,45)26-9-7-24(35)8-10-26)15-27-28(36)18-38-19-29(27)39-32(42)31(40-33(43)46-2)30(22-11-13-47-14-12-22)21-3-5-23(34)6-4-21/h3-10,18-20,22,25,30-31,37H,11-17H2,1-2H3,(H,39,42)(H,40,43)/t20-,25?,30-,31-/m0/s1. The number of benzene rings is 2. The molecule has 2 saturated heterocycles. The average Bonchev–Trinajstić information content (AvgIpc) is 3.07. The maximum atomic E-state index is 15.6. The fourth-order valence-electron chi connectivity index (χ4n) is 6.55. The molecule has 2 amide bonds. The molecule has 3 aromatic rings. The van der Waals surface area contributed by atoms with Crippen LogP contribution < -0.4 is 16.0 Å². The van der Waals surface area contributed by atoms with E-state index in [4.69, 9.17) is 32.7 Å². The Kier molecular flexibility index (Phi) is 11.9. The van der Waals surface area contributed by atoms with E-state index in [0.717, 1.165) is 11.8 Å². The van der Waals surface area contributed by atoms with Crippen LogP contribution in [0.3, 0.4) is 0 Å². The Labute approximate surface area is 289 Å². The number of sulfonamides is 1. The minimum atomic E-state index is -4.01. The number of alkyl carbamates (subject to hydrolysis) is 1. The first-order valence-corrected chi connectivity index (χ1v) is 17.8. The van der Waals surface area contributed by atoms with Crippen molar-refractivity contribution in [2.24, 2.45) is 5.92 Å². The Balaban J connectivity index is 1.48. The van der Waals surface area contributed by atoms with Crippen LogP contribution in [0.15, 0.2) is 65.8 Å². The molecule has 1 unspecified atom stereocenters. The summed E-state index contributed by atoms with van der Waals surface area (Å²) in [6, 6.07) is 10.6. The molecule has 258 valence electrons. The number of halogens is 3. The van der Waals surface area contributed by atoms with E-state index in [0.29, 0.717) is 42.6 Å². The smallest absolute Gasteiger partial charge is 0.407 e. The molecule has 1 aromatic heterocycles. The number of amides is 2. The molecule has 4 atom stereocenters. The summed E-state index contributed by atoms with van der Waals surface area (Å²) in [5.41, 5.74) is 0.896. The van der Waals surface area contributed by atoms with Crippen LogP contribution >= 0.6 is 23.2 Å². The van der Waals surface area contributed by atoms with Gasteiger partial charge in [-0.3, -0.25) is 9.78 Å². The Hall–Kier alpha value is -3.33. The van der Waals surface area contributed by atoms with Gasteiger partial charge in [-0.05, 0) is 74.1 Å². The average molecular weight is 723 g/mol. The number of hydrogen-bond acceptors (Lipinski definition) is 8. The predicted molar refractivity (Wildman–Crippen MR) is 180 cm³/mol. The molecule has 0 spiro atoms. The lowest BCUT2D eigenvalue weighted by molar-refractivity contribution is -0.119. The summed E-state index contributed by atoms with van der Waals surface area (Å²) in [5.74, 6) is -1.91. The van der Waals surface area contributed by atoms with Crippen molar-refractivity contribution in [3.63, 3.8) is 0 Å². The largest absolute Gasteiger partial charge is 0.453 e. The van der Waals surface area contributed by atoms with Crippen molar-refractivity contribution >= 4 is 50.9 Å². The minimum absolute atomic E-state index is 0.0561. The van der Waals surface area contributed by atoms with Crippen molar-refractivity contribution in [3.05, 3.63) is 87.9 Å². The maximum absolute atomic E-state index is 15.6. The summed E-state index contributed by atoms with van der Waals surface area (Å²) < 4.78 is 55.2. The first-order valence-electron chi connectivity index (χ1n) is 15.6. The van der Waals surface area contributed by atoms with E-state index in [2.05, 4.69) is 20.9 Å². The number of carbonyl (C=O) groups is 2. The van der Waals surface area contributed by atoms with Crippen LogP contribution in [0, 0.1) is 11.7 Å². The van der Waals surface area contributed by atoms with Crippen molar-refractivity contribution in [3.8, 4) is 0 Å². The number of ether oxygens (including phenoxy) is 2. The van der Waals surface area contributed by atoms with Gasteiger partial charge in [-0.1, -0.05) is 35.3 Å². The van der Waals surface area contributed by atoms with Gasteiger partial charge in [-0.15, -0.1) is 0 Å². The van der Waals surface area contributed by atoms with Crippen LogP contribution in [-0.4, -0.2) is 81.2 Å². The van der Waals surface area contributed by atoms with Gasteiger partial charge in [0.1, 0.15) is 11.9 Å². The molecule has 0 aliphatic carbocycles. The quantitative estimate of drug-likeness (QED) is 0.266. The molecule has 2 aromatic carbocycles. The van der Waals surface area contributed by atoms with Gasteiger partial charge in [0.15, 0.2) is 0 Å². The van der Waals surface area contributed by atoms with Gasteiger partial charge >= 0.3 is 6.09 Å². The van der Waals surface area contributed by atoms with Crippen LogP contribution in [0.25, 0.3) is 0 Å². The number of rotatable bonds is 10. The van der Waals surface area contributed by atoms with Crippen LogP contribution in [0.1, 0.15) is 36.8 Å². The molecule has 0 saturated carbocycles. The third-order valence-corrected chi connectivity index (χ3v) is 11.4. The normalized spacial score (nSPS) is 20.4. The van der Waals surface area contributed by atoms with Gasteiger partial charge in [0.05, 0.1) is 30.1 Å². The third kappa shape index (κ3) is 8.27. The highest BCUT2D eigenvalue weighted by Gasteiger charge is 2.40. The van der Waals surface area contributed by atoms with Crippen LogP contribution in [0.2, 0.25) is 10.0 Å². The number of carbonyl (C=O) groups excluding carboxylic acids is 2. The summed E-state index contributed by atoms with van der Waals surface area (Å²) >= 11 is 12.2. The Morgan fingerprint density at radius 1 is 1.06 bits per heavy atom. The van der Waals surface area contributed by atoms with Gasteiger partial charge in [0.2, 0.25) is 15.9 Å². The van der Waals surface area contributed by atoms with Crippen LogP contribution in [-0.2, 0) is 30.7 Å². The fourth-order valence-corrected chi connectivity index (χ4v) is 8.61. The monoisotopic (exact) mass is 721 g/mol. The van der Waals surface area contributed by atoms with Gasteiger partial charge < -0.3 is 25.4 Å². The van der Waals surface area contributed by atoms with E-state index < -0.39 is 51.9 Å². The van der Waals surface area contributed by atoms with Gasteiger partial charge in [0, 0.05) is 59.9 Å². The second-order valence-corrected chi connectivity index (χ2v) is 14.6. The molecule has 0 radical (unpaired) electrons. The lowest BCUT2D eigenvalue weighted by Gasteiger charge is -2.40. The highest BCUT2D eigenvalue weighted by molar-refractivity contribution is 7.89. The van der Waals surface area contributed by atoms with Crippen molar-refractivity contribution < 1.29 is 31.9 Å². The minimum Gasteiger partial charge on any atom is -0.453 e. The molecule has 15 heteroatoms. The zero-order valence-corrected chi connectivity index (χ0v) is 28.8.